The van der Waals surface area contributed by atoms with Gasteiger partial charge < -0.3 is 10.1 Å². The lowest BCUT2D eigenvalue weighted by atomic mass is 10.1. The zero-order valence-electron chi connectivity index (χ0n) is 15.7. The van der Waals surface area contributed by atoms with Crippen molar-refractivity contribution in [1.29, 1.82) is 0 Å². The zero-order chi connectivity index (χ0) is 20.6. The fourth-order valence-corrected chi connectivity index (χ4v) is 5.06. The molecule has 0 aliphatic carbocycles. The van der Waals surface area contributed by atoms with Gasteiger partial charge in [-0.15, -0.1) is 0 Å². The molecule has 9 heteroatoms. The van der Waals surface area contributed by atoms with Crippen LogP contribution in [0, 0.1) is 0 Å². The number of carbonyl (C=O) groups excluding carboxylic acids is 1. The van der Waals surface area contributed by atoms with E-state index < -0.39 is 15.9 Å². The number of nitrogens with one attached hydrogen (secondary N) is 1. The van der Waals surface area contributed by atoms with Gasteiger partial charge in [0.2, 0.25) is 0 Å². The van der Waals surface area contributed by atoms with Gasteiger partial charge in [-0.1, -0.05) is 6.07 Å². The third kappa shape index (κ3) is 3.86. The van der Waals surface area contributed by atoms with Crippen LogP contribution < -0.4 is 15.6 Å². The lowest BCUT2D eigenvalue weighted by Crippen LogP contribution is -2.35. The topological polar surface area (TPSA) is 107 Å². The second-order valence-electron chi connectivity index (χ2n) is 6.93. The second kappa shape index (κ2) is 7.32. The van der Waals surface area contributed by atoms with Crippen molar-refractivity contribution < 1.29 is 17.9 Å². The van der Waals surface area contributed by atoms with Gasteiger partial charge in [0.15, 0.2) is 9.84 Å². The van der Waals surface area contributed by atoms with Crippen molar-refractivity contribution in [3.05, 3.63) is 64.7 Å². The molecule has 1 aliphatic heterocycles. The van der Waals surface area contributed by atoms with Gasteiger partial charge in [-0.2, -0.15) is 0 Å². The van der Waals surface area contributed by atoms with Crippen molar-refractivity contribution >= 4 is 26.6 Å². The summed E-state index contributed by atoms with van der Waals surface area (Å²) in [5, 5.41) is 3.11. The molecule has 1 aromatic heterocycles. The lowest BCUT2D eigenvalue weighted by Gasteiger charge is -2.12. The van der Waals surface area contributed by atoms with Crippen LogP contribution in [-0.2, 0) is 9.84 Å². The molecule has 1 atom stereocenters. The summed E-state index contributed by atoms with van der Waals surface area (Å²) in [6, 6.07) is 11.3. The number of hydrogen-bond acceptors (Lipinski definition) is 6. The third-order valence-electron chi connectivity index (χ3n) is 4.92. The van der Waals surface area contributed by atoms with Gasteiger partial charge in [-0.25, -0.2) is 13.4 Å². The Morgan fingerprint density at radius 3 is 2.79 bits per heavy atom. The maximum Gasteiger partial charge on any atom is 0.265 e. The number of benzene rings is 2. The summed E-state index contributed by atoms with van der Waals surface area (Å²) < 4.78 is 29.7. The molecule has 8 nitrogen and oxygen atoms in total. The van der Waals surface area contributed by atoms with E-state index in [0.29, 0.717) is 34.3 Å². The van der Waals surface area contributed by atoms with Crippen LogP contribution in [0.25, 0.3) is 16.6 Å². The standard InChI is InChI=1S/C20H19N3O5S/c1-28-16-4-2-3-15(10-16)23-12-21-18-9-13(5-6-17(18)20(23)25)19(24)22-14-7-8-29(26,27)11-14/h2-6,9-10,12,14H,7-8,11H2,1H3,(H,22,24)/t14-/m0/s1. The van der Waals surface area contributed by atoms with Gasteiger partial charge >= 0.3 is 0 Å². The Morgan fingerprint density at radius 2 is 2.07 bits per heavy atom. The van der Waals surface area contributed by atoms with Gasteiger partial charge in [-0.05, 0) is 36.8 Å². The van der Waals surface area contributed by atoms with Crippen LogP contribution in [0.1, 0.15) is 16.8 Å². The first-order valence-electron chi connectivity index (χ1n) is 9.03. The van der Waals surface area contributed by atoms with Gasteiger partial charge in [0.25, 0.3) is 11.5 Å². The Balaban J connectivity index is 1.64. The average Bonchev–Trinajstić information content (AvgIpc) is 3.06. The van der Waals surface area contributed by atoms with Gasteiger partial charge in [0, 0.05) is 17.7 Å². The minimum atomic E-state index is -3.08. The molecule has 1 amide bonds. The first-order chi connectivity index (χ1) is 13.9. The number of fused-ring (bicyclic) bond motifs is 1. The Hall–Kier alpha value is -3.20. The normalized spacial score (nSPS) is 17.9. The van der Waals surface area contributed by atoms with Crippen LogP contribution in [0.5, 0.6) is 5.75 Å². The Kier molecular flexibility index (Phi) is 4.83. The Bertz CT molecular complexity index is 1270. The summed E-state index contributed by atoms with van der Waals surface area (Å²) in [7, 11) is -1.53. The summed E-state index contributed by atoms with van der Waals surface area (Å²) in [5.74, 6) is 0.278. The number of nitrogens with zero attached hydrogens (tertiary/aromatic N) is 2. The summed E-state index contributed by atoms with van der Waals surface area (Å²) in [4.78, 5) is 29.7. The van der Waals surface area contributed by atoms with E-state index >= 15 is 0 Å². The fourth-order valence-electron chi connectivity index (χ4n) is 3.38. The molecule has 2 aromatic carbocycles. The summed E-state index contributed by atoms with van der Waals surface area (Å²) >= 11 is 0. The van der Waals surface area contributed by atoms with E-state index in [9.17, 15) is 18.0 Å². The van der Waals surface area contributed by atoms with Crippen molar-refractivity contribution in [1.82, 2.24) is 14.9 Å². The van der Waals surface area contributed by atoms with E-state index in [2.05, 4.69) is 10.3 Å². The molecule has 1 N–H and O–H groups in total. The monoisotopic (exact) mass is 413 g/mol. The minimum Gasteiger partial charge on any atom is -0.497 e. The largest absolute Gasteiger partial charge is 0.497 e. The molecule has 1 saturated heterocycles. The molecule has 0 saturated carbocycles. The lowest BCUT2D eigenvalue weighted by molar-refractivity contribution is 0.0941. The fraction of sp³-hybridized carbons (Fsp3) is 0.250. The molecular formula is C20H19N3O5S. The average molecular weight is 413 g/mol. The highest BCUT2D eigenvalue weighted by Gasteiger charge is 2.29. The molecular weight excluding hydrogens is 394 g/mol. The number of hydrogen-bond donors (Lipinski definition) is 1. The van der Waals surface area contributed by atoms with Crippen LogP contribution in [0.3, 0.4) is 0 Å². The van der Waals surface area contributed by atoms with E-state index in [4.69, 9.17) is 4.74 Å². The summed E-state index contributed by atoms with van der Waals surface area (Å²) in [6.07, 6.45) is 1.82. The molecule has 3 aromatic rings. The molecule has 0 spiro atoms. The SMILES string of the molecule is COc1cccc(-n2cnc3cc(C(=O)N[C@H]4CCS(=O)(=O)C4)ccc3c2=O)c1. The van der Waals surface area contributed by atoms with Crippen molar-refractivity contribution in [3.63, 3.8) is 0 Å². The van der Waals surface area contributed by atoms with E-state index in [0.717, 1.165) is 0 Å². The highest BCUT2D eigenvalue weighted by Crippen LogP contribution is 2.17. The number of sulfone groups is 1. The Labute approximate surface area is 167 Å². The van der Waals surface area contributed by atoms with Crippen molar-refractivity contribution in [2.24, 2.45) is 0 Å². The Morgan fingerprint density at radius 1 is 1.24 bits per heavy atom. The summed E-state index contributed by atoms with van der Waals surface area (Å²) in [5.41, 5.74) is 1.07. The molecule has 1 aliphatic rings. The smallest absolute Gasteiger partial charge is 0.265 e. The van der Waals surface area contributed by atoms with Gasteiger partial charge in [0.1, 0.15) is 12.1 Å². The molecule has 4 rings (SSSR count). The zero-order valence-corrected chi connectivity index (χ0v) is 16.5. The number of rotatable bonds is 4. The van der Waals surface area contributed by atoms with Crippen molar-refractivity contribution in [2.45, 2.75) is 12.5 Å². The predicted octanol–water partition coefficient (Wildman–Crippen LogP) is 1.31. The molecule has 1 fully saturated rings. The van der Waals surface area contributed by atoms with Crippen LogP contribution >= 0.6 is 0 Å². The van der Waals surface area contributed by atoms with E-state index in [-0.39, 0.29) is 23.0 Å². The number of ether oxygens (including phenoxy) is 1. The van der Waals surface area contributed by atoms with Crippen LogP contribution in [0.15, 0.2) is 53.6 Å². The van der Waals surface area contributed by atoms with E-state index in [1.807, 2.05) is 0 Å². The molecule has 0 bridgehead atoms. The maximum absolute atomic E-state index is 12.9. The van der Waals surface area contributed by atoms with Crippen LogP contribution in [-0.4, -0.2) is 48.5 Å². The first kappa shape index (κ1) is 19.1. The highest BCUT2D eigenvalue weighted by atomic mass is 32.2. The number of amides is 1. The van der Waals surface area contributed by atoms with Crippen molar-refractivity contribution in [3.8, 4) is 11.4 Å². The van der Waals surface area contributed by atoms with Crippen molar-refractivity contribution in [2.75, 3.05) is 18.6 Å². The van der Waals surface area contributed by atoms with E-state index in [1.165, 1.54) is 17.0 Å². The minimum absolute atomic E-state index is 0.0458. The number of aromatic nitrogens is 2. The molecule has 0 radical (unpaired) electrons. The summed E-state index contributed by atoms with van der Waals surface area (Å²) in [6.45, 7) is 0. The second-order valence-corrected chi connectivity index (χ2v) is 9.16. The number of carbonyl (C=O) groups is 1. The van der Waals surface area contributed by atoms with Gasteiger partial charge in [0.05, 0.1) is 35.2 Å². The van der Waals surface area contributed by atoms with Crippen LogP contribution in [0.2, 0.25) is 0 Å². The quantitative estimate of drug-likeness (QED) is 0.691. The maximum atomic E-state index is 12.9. The van der Waals surface area contributed by atoms with Crippen LogP contribution in [0.4, 0.5) is 0 Å². The van der Waals surface area contributed by atoms with Gasteiger partial charge in [-0.3, -0.25) is 14.2 Å². The molecule has 150 valence electrons. The number of methoxy groups -OCH3 is 1. The first-order valence-corrected chi connectivity index (χ1v) is 10.9. The predicted molar refractivity (Wildman–Crippen MR) is 108 cm³/mol. The third-order valence-corrected chi connectivity index (χ3v) is 6.69. The highest BCUT2D eigenvalue weighted by molar-refractivity contribution is 7.91. The van der Waals surface area contributed by atoms with E-state index in [1.54, 1.807) is 43.5 Å². The molecule has 2 heterocycles. The molecule has 0 unspecified atom stereocenters. The molecule has 29 heavy (non-hydrogen) atoms.